The minimum atomic E-state index is -1.03. The number of hydrogen-bond donors (Lipinski definition) is 1. The Hall–Kier alpha value is -3.22. The molecule has 0 bridgehead atoms. The second-order valence-corrected chi connectivity index (χ2v) is 10.1. The average Bonchev–Trinajstić information content (AvgIpc) is 3.35. The van der Waals surface area contributed by atoms with Crippen molar-refractivity contribution in [2.45, 2.75) is 83.5 Å². The molecule has 1 aromatic carbocycles. The molecular weight excluding hydrogens is 442 g/mol. The normalized spacial score (nSPS) is 21.1. The van der Waals surface area contributed by atoms with Gasteiger partial charge in [-0.1, -0.05) is 44.7 Å². The van der Waals surface area contributed by atoms with Crippen LogP contribution in [0.25, 0.3) is 11.1 Å². The van der Waals surface area contributed by atoms with Crippen LogP contribution < -0.4 is 10.1 Å². The minimum Gasteiger partial charge on any atom is -0.494 e. The fraction of sp³-hybridized carbons (Fsp3) is 0.500. The SMILES string of the molecule is CCCOc1ccc(CN2C(=O)c3cc4occc4n3CC2(C)C(=O)NC2CCCCCC2)cc1. The third-order valence-electron chi connectivity index (χ3n) is 7.47. The number of ether oxygens (including phenoxy) is 1. The van der Waals surface area contributed by atoms with Gasteiger partial charge in [-0.3, -0.25) is 9.59 Å². The number of furan rings is 1. The number of fused-ring (bicyclic) bond motifs is 3. The van der Waals surface area contributed by atoms with E-state index in [9.17, 15) is 9.59 Å². The molecule has 1 fully saturated rings. The molecule has 7 heteroatoms. The summed E-state index contributed by atoms with van der Waals surface area (Å²) in [5.74, 6) is 0.563. The van der Waals surface area contributed by atoms with E-state index in [1.807, 2.05) is 41.8 Å². The molecule has 1 saturated carbocycles. The maximum atomic E-state index is 13.9. The van der Waals surface area contributed by atoms with Crippen molar-refractivity contribution in [3.05, 3.63) is 53.9 Å². The number of amides is 2. The van der Waals surface area contributed by atoms with Crippen molar-refractivity contribution in [1.29, 1.82) is 0 Å². The first-order valence-electron chi connectivity index (χ1n) is 12.9. The van der Waals surface area contributed by atoms with Crippen molar-refractivity contribution < 1.29 is 18.7 Å². The van der Waals surface area contributed by atoms with Crippen molar-refractivity contribution in [3.63, 3.8) is 0 Å². The van der Waals surface area contributed by atoms with Crippen molar-refractivity contribution in [3.8, 4) is 5.75 Å². The summed E-state index contributed by atoms with van der Waals surface area (Å²) >= 11 is 0. The van der Waals surface area contributed by atoms with Gasteiger partial charge >= 0.3 is 0 Å². The molecule has 35 heavy (non-hydrogen) atoms. The van der Waals surface area contributed by atoms with Gasteiger partial charge in [0.05, 0.1) is 24.9 Å². The van der Waals surface area contributed by atoms with Gasteiger partial charge in [0.25, 0.3) is 5.91 Å². The van der Waals surface area contributed by atoms with Crippen molar-refractivity contribution >= 4 is 22.9 Å². The molecule has 0 saturated heterocycles. The van der Waals surface area contributed by atoms with Gasteiger partial charge in [-0.05, 0) is 43.9 Å². The molecule has 2 amide bonds. The molecule has 0 spiro atoms. The number of aromatic nitrogens is 1. The van der Waals surface area contributed by atoms with Crippen LogP contribution in [0.4, 0.5) is 0 Å². The summed E-state index contributed by atoms with van der Waals surface area (Å²) in [5.41, 5.74) is 2.00. The van der Waals surface area contributed by atoms with Crippen LogP contribution in [0.3, 0.4) is 0 Å². The Balaban J connectivity index is 1.45. The van der Waals surface area contributed by atoms with Gasteiger partial charge in [-0.2, -0.15) is 0 Å². The van der Waals surface area contributed by atoms with Crippen molar-refractivity contribution in [1.82, 2.24) is 14.8 Å². The highest BCUT2D eigenvalue weighted by molar-refractivity contribution is 6.02. The molecule has 1 aliphatic heterocycles. The van der Waals surface area contributed by atoms with Crippen molar-refractivity contribution in [2.24, 2.45) is 0 Å². The Bertz CT molecular complexity index is 1190. The largest absolute Gasteiger partial charge is 0.494 e. The van der Waals surface area contributed by atoms with Gasteiger partial charge in [-0.15, -0.1) is 0 Å². The van der Waals surface area contributed by atoms with E-state index in [4.69, 9.17) is 9.15 Å². The zero-order chi connectivity index (χ0) is 24.4. The fourth-order valence-corrected chi connectivity index (χ4v) is 5.38. The number of carbonyl (C=O) groups excluding carboxylic acids is 2. The second-order valence-electron chi connectivity index (χ2n) is 10.1. The predicted octanol–water partition coefficient (Wildman–Crippen LogP) is 5.28. The molecule has 1 N–H and O–H groups in total. The monoisotopic (exact) mass is 477 g/mol. The molecule has 5 rings (SSSR count). The molecule has 3 aromatic rings. The van der Waals surface area contributed by atoms with Crippen LogP contribution in [0.1, 0.15) is 74.8 Å². The van der Waals surface area contributed by atoms with Crippen LogP contribution in [0, 0.1) is 0 Å². The average molecular weight is 478 g/mol. The number of rotatable bonds is 7. The van der Waals surface area contributed by atoms with Gasteiger partial charge < -0.3 is 23.9 Å². The summed E-state index contributed by atoms with van der Waals surface area (Å²) in [6, 6.07) is 11.6. The Kier molecular flexibility index (Phi) is 6.58. The predicted molar refractivity (Wildman–Crippen MR) is 134 cm³/mol. The zero-order valence-corrected chi connectivity index (χ0v) is 20.7. The Morgan fingerprint density at radius 3 is 2.60 bits per heavy atom. The Labute approximate surface area is 206 Å². The summed E-state index contributed by atoms with van der Waals surface area (Å²) in [5, 5.41) is 3.31. The molecule has 186 valence electrons. The first kappa shape index (κ1) is 23.5. The van der Waals surface area contributed by atoms with E-state index in [1.54, 1.807) is 17.2 Å². The molecule has 1 aliphatic carbocycles. The fourth-order valence-electron chi connectivity index (χ4n) is 5.38. The lowest BCUT2D eigenvalue weighted by molar-refractivity contribution is -0.134. The number of hydrogen-bond acceptors (Lipinski definition) is 4. The molecule has 1 atom stereocenters. The third kappa shape index (κ3) is 4.56. The first-order valence-corrected chi connectivity index (χ1v) is 12.9. The first-order chi connectivity index (χ1) is 17.0. The summed E-state index contributed by atoms with van der Waals surface area (Å²) in [6.45, 7) is 5.36. The van der Waals surface area contributed by atoms with E-state index in [0.717, 1.165) is 48.9 Å². The smallest absolute Gasteiger partial charge is 0.271 e. The summed E-state index contributed by atoms with van der Waals surface area (Å²) < 4.78 is 13.2. The highest BCUT2D eigenvalue weighted by Gasteiger charge is 2.48. The number of carbonyl (C=O) groups is 2. The van der Waals surface area contributed by atoms with Crippen LogP contribution in [0.2, 0.25) is 0 Å². The van der Waals surface area contributed by atoms with E-state index in [2.05, 4.69) is 12.2 Å². The van der Waals surface area contributed by atoms with Crippen molar-refractivity contribution in [2.75, 3.05) is 6.61 Å². The Morgan fingerprint density at radius 1 is 1.14 bits per heavy atom. The molecule has 2 aromatic heterocycles. The number of benzene rings is 1. The lowest BCUT2D eigenvalue weighted by atomic mass is 9.93. The highest BCUT2D eigenvalue weighted by Crippen LogP contribution is 2.34. The Morgan fingerprint density at radius 2 is 1.89 bits per heavy atom. The number of nitrogens with one attached hydrogen (secondary N) is 1. The quantitative estimate of drug-likeness (QED) is 0.470. The summed E-state index contributed by atoms with van der Waals surface area (Å²) in [4.78, 5) is 29.4. The zero-order valence-electron chi connectivity index (χ0n) is 20.7. The molecule has 0 radical (unpaired) electrons. The van der Waals surface area contributed by atoms with Crippen LogP contribution in [0.5, 0.6) is 5.75 Å². The van der Waals surface area contributed by atoms with Gasteiger partial charge in [-0.25, -0.2) is 0 Å². The van der Waals surface area contributed by atoms with Gasteiger partial charge in [0.1, 0.15) is 17.0 Å². The number of nitrogens with zero attached hydrogens (tertiary/aromatic N) is 2. The van der Waals surface area contributed by atoms with Gasteiger partial charge in [0.15, 0.2) is 5.58 Å². The van der Waals surface area contributed by atoms with E-state index < -0.39 is 5.54 Å². The summed E-state index contributed by atoms with van der Waals surface area (Å²) in [7, 11) is 0. The molecule has 2 aliphatic rings. The topological polar surface area (TPSA) is 76.7 Å². The van der Waals surface area contributed by atoms with E-state index >= 15 is 0 Å². The lowest BCUT2D eigenvalue weighted by Gasteiger charge is -2.44. The molecule has 3 heterocycles. The standard InChI is InChI=1S/C28H35N3O4/c1-3-15-34-22-12-10-20(11-13-22)18-31-26(32)24-17-25-23(14-16-35-25)30(24)19-28(31,2)27(33)29-21-8-6-4-5-7-9-21/h10-14,16-17,21H,3-9,15,18-19H2,1-2H3,(H,29,33). The van der Waals surface area contributed by atoms with Crippen LogP contribution in [-0.2, 0) is 17.9 Å². The van der Waals surface area contributed by atoms with Gasteiger partial charge in [0, 0.05) is 24.7 Å². The third-order valence-corrected chi connectivity index (χ3v) is 7.47. The maximum Gasteiger partial charge on any atom is 0.271 e. The molecular formula is C28H35N3O4. The van der Waals surface area contributed by atoms with E-state index in [0.29, 0.717) is 31.0 Å². The lowest BCUT2D eigenvalue weighted by Crippen LogP contribution is -2.64. The van der Waals surface area contributed by atoms with E-state index in [-0.39, 0.29) is 17.9 Å². The van der Waals surface area contributed by atoms with Crippen LogP contribution in [-0.4, -0.2) is 39.5 Å². The van der Waals surface area contributed by atoms with Crippen LogP contribution in [0.15, 0.2) is 47.1 Å². The van der Waals surface area contributed by atoms with Crippen LogP contribution >= 0.6 is 0 Å². The second kappa shape index (κ2) is 9.80. The molecule has 7 nitrogen and oxygen atoms in total. The summed E-state index contributed by atoms with van der Waals surface area (Å²) in [6.07, 6.45) is 9.27. The van der Waals surface area contributed by atoms with Gasteiger partial charge in [0.2, 0.25) is 5.91 Å². The maximum absolute atomic E-state index is 13.9. The van der Waals surface area contributed by atoms with E-state index in [1.165, 1.54) is 12.8 Å². The molecule has 1 unspecified atom stereocenters. The highest BCUT2D eigenvalue weighted by atomic mass is 16.5. The minimum absolute atomic E-state index is 0.0864.